The van der Waals surface area contributed by atoms with E-state index in [1.54, 1.807) is 0 Å². The van der Waals surface area contributed by atoms with Crippen LogP contribution < -0.4 is 0 Å². The topological polar surface area (TPSA) is 26.3 Å². The number of fused-ring (bicyclic) bond motifs is 3. The Morgan fingerprint density at radius 1 is 0.960 bits per heavy atom. The summed E-state index contributed by atoms with van der Waals surface area (Å²) in [7, 11) is 0. The van der Waals surface area contributed by atoms with E-state index in [-0.39, 0.29) is 44.1 Å². The van der Waals surface area contributed by atoms with Crippen molar-refractivity contribution in [2.75, 3.05) is 0 Å². The number of carbonyl (C=O) groups is 1. The summed E-state index contributed by atoms with van der Waals surface area (Å²) in [6, 6.07) is 7.91. The summed E-state index contributed by atoms with van der Waals surface area (Å²) < 4.78 is 6.04. The van der Waals surface area contributed by atoms with Gasteiger partial charge in [0.1, 0.15) is 11.4 Å². The molecule has 0 bridgehead atoms. The molecule has 0 saturated carbocycles. The van der Waals surface area contributed by atoms with Gasteiger partial charge in [-0.3, -0.25) is 4.79 Å². The van der Waals surface area contributed by atoms with Crippen molar-refractivity contribution in [1.29, 1.82) is 0 Å². The van der Waals surface area contributed by atoms with E-state index in [4.69, 9.17) is 4.74 Å². The molecule has 1 heterocycles. The zero-order chi connectivity index (χ0) is 17.9. The average molecular weight is 413 g/mol. The van der Waals surface area contributed by atoms with Gasteiger partial charge < -0.3 is 4.74 Å². The van der Waals surface area contributed by atoms with E-state index in [1.807, 2.05) is 65.8 Å². The third kappa shape index (κ3) is 4.06. The smallest absolute Gasteiger partial charge is 0.194 e. The molecule has 1 aromatic carbocycles. The van der Waals surface area contributed by atoms with Crippen LogP contribution in [0.5, 0.6) is 0 Å². The van der Waals surface area contributed by atoms with Crippen molar-refractivity contribution in [3.8, 4) is 0 Å². The fourth-order valence-electron chi connectivity index (χ4n) is 3.33. The fraction of sp³-hybridized carbons (Fsp3) is 0.409. The summed E-state index contributed by atoms with van der Waals surface area (Å²) >= 11 is 0. The first kappa shape index (κ1) is 22.1. The second-order valence-corrected chi connectivity index (χ2v) is 6.10. The van der Waals surface area contributed by atoms with E-state index in [0.29, 0.717) is 0 Å². The molecule has 0 N–H and O–H groups in total. The van der Waals surface area contributed by atoms with Crippen molar-refractivity contribution in [2.45, 2.75) is 60.0 Å². The molecule has 25 heavy (non-hydrogen) atoms. The Kier molecular flexibility index (Phi) is 8.03. The molecule has 0 atom stereocenters. The van der Waals surface area contributed by atoms with Crippen LogP contribution in [0.25, 0.3) is 5.57 Å². The molecule has 1 radical (unpaired) electrons. The molecule has 4 rings (SSSR count). The predicted octanol–water partition coefficient (Wildman–Crippen LogP) is 6.10. The van der Waals surface area contributed by atoms with Crippen LogP contribution in [0, 0.1) is 0 Å². The van der Waals surface area contributed by atoms with Crippen molar-refractivity contribution in [3.05, 3.63) is 64.4 Å². The molecule has 3 aliphatic rings. The number of hydrogen-bond acceptors (Lipinski definition) is 2. The molecule has 1 aliphatic heterocycles. The molecule has 0 fully saturated rings. The molecule has 2 nitrogen and oxygen atoms in total. The van der Waals surface area contributed by atoms with Crippen LogP contribution >= 0.6 is 0 Å². The standard InChI is InChI=1S/C18H16O2.2C2H6.Y/c1-18(2)10-9-14-15(20-18)8-7-12-11-5-3-4-6-13(11)17(19)16(12)14;2*1-2;/h3-6,9-10H,7-8H2,1-2H3;2*1-2H3;. The molecule has 0 amide bonds. The Labute approximate surface area is 177 Å². The van der Waals surface area contributed by atoms with Gasteiger partial charge in [0.15, 0.2) is 5.78 Å². The molecule has 0 aromatic heterocycles. The minimum absolute atomic E-state index is 0. The largest absolute Gasteiger partial charge is 0.487 e. The minimum atomic E-state index is -0.272. The third-order valence-corrected chi connectivity index (χ3v) is 4.24. The van der Waals surface area contributed by atoms with E-state index >= 15 is 0 Å². The summed E-state index contributed by atoms with van der Waals surface area (Å²) in [5, 5.41) is 0. The second kappa shape index (κ2) is 9.10. The van der Waals surface area contributed by atoms with Gasteiger partial charge >= 0.3 is 0 Å². The molecular formula is C22H28O2Y. The van der Waals surface area contributed by atoms with Gasteiger partial charge in [-0.1, -0.05) is 58.0 Å². The molecule has 0 saturated heterocycles. The van der Waals surface area contributed by atoms with Gasteiger partial charge in [-0.25, -0.2) is 0 Å². The van der Waals surface area contributed by atoms with Crippen LogP contribution in [-0.4, -0.2) is 11.4 Å². The normalized spacial score (nSPS) is 18.4. The molecule has 3 heteroatoms. The maximum atomic E-state index is 12.7. The minimum Gasteiger partial charge on any atom is -0.487 e. The zero-order valence-corrected chi connectivity index (χ0v) is 19.1. The molecule has 1 aromatic rings. The van der Waals surface area contributed by atoms with Gasteiger partial charge in [-0.05, 0) is 37.5 Å². The maximum Gasteiger partial charge on any atom is 0.194 e. The average Bonchev–Trinajstić information content (AvgIpc) is 2.91. The summed E-state index contributed by atoms with van der Waals surface area (Å²) in [5.74, 6) is 1.12. The van der Waals surface area contributed by atoms with Gasteiger partial charge in [0, 0.05) is 55.8 Å². The van der Waals surface area contributed by atoms with E-state index < -0.39 is 0 Å². The van der Waals surface area contributed by atoms with Crippen molar-refractivity contribution < 1.29 is 42.2 Å². The number of rotatable bonds is 0. The Morgan fingerprint density at radius 2 is 1.56 bits per heavy atom. The predicted molar refractivity (Wildman–Crippen MR) is 101 cm³/mol. The number of benzene rings is 1. The number of hydrogen-bond donors (Lipinski definition) is 0. The first-order valence-electron chi connectivity index (χ1n) is 9.06. The van der Waals surface area contributed by atoms with E-state index in [9.17, 15) is 4.79 Å². The third-order valence-electron chi connectivity index (χ3n) is 4.24. The van der Waals surface area contributed by atoms with Crippen LogP contribution in [0.15, 0.2) is 53.3 Å². The summed E-state index contributed by atoms with van der Waals surface area (Å²) in [6.45, 7) is 12.1. The number of Topliss-reactive ketones (excluding diaryl/α,β-unsaturated/α-hetero) is 1. The van der Waals surface area contributed by atoms with Crippen molar-refractivity contribution in [1.82, 2.24) is 0 Å². The molecule has 0 unspecified atom stereocenters. The summed E-state index contributed by atoms with van der Waals surface area (Å²) in [5.41, 5.74) is 4.72. The number of carbonyl (C=O) groups excluding carboxylic acids is 1. The first-order valence-corrected chi connectivity index (χ1v) is 9.06. The van der Waals surface area contributed by atoms with Crippen LogP contribution in [-0.2, 0) is 37.4 Å². The van der Waals surface area contributed by atoms with Crippen LogP contribution in [0.4, 0.5) is 0 Å². The van der Waals surface area contributed by atoms with E-state index in [2.05, 4.69) is 12.1 Å². The Hall–Kier alpha value is -0.986. The number of ketones is 1. The zero-order valence-electron chi connectivity index (χ0n) is 16.3. The summed E-state index contributed by atoms with van der Waals surface area (Å²) in [6.07, 6.45) is 5.87. The molecule has 2 aliphatic carbocycles. The fourth-order valence-corrected chi connectivity index (χ4v) is 3.33. The van der Waals surface area contributed by atoms with E-state index in [1.165, 1.54) is 5.57 Å². The van der Waals surface area contributed by atoms with Gasteiger partial charge in [0.2, 0.25) is 0 Å². The van der Waals surface area contributed by atoms with Gasteiger partial charge in [-0.2, -0.15) is 0 Å². The van der Waals surface area contributed by atoms with Gasteiger partial charge in [0.25, 0.3) is 0 Å². The van der Waals surface area contributed by atoms with Gasteiger partial charge in [-0.15, -0.1) is 0 Å². The summed E-state index contributed by atoms with van der Waals surface area (Å²) in [4.78, 5) is 12.7. The van der Waals surface area contributed by atoms with E-state index in [0.717, 1.165) is 40.9 Å². The first-order chi connectivity index (χ1) is 11.6. The number of allylic oxidation sites excluding steroid dienone is 5. The molecular weight excluding hydrogens is 385 g/mol. The molecule has 131 valence electrons. The monoisotopic (exact) mass is 413 g/mol. The van der Waals surface area contributed by atoms with Crippen molar-refractivity contribution in [2.24, 2.45) is 0 Å². The Balaban J connectivity index is 0.000000586. The Morgan fingerprint density at radius 3 is 2.20 bits per heavy atom. The number of ether oxygens (including phenoxy) is 1. The quantitative estimate of drug-likeness (QED) is 0.514. The second-order valence-electron chi connectivity index (χ2n) is 6.10. The van der Waals surface area contributed by atoms with Crippen molar-refractivity contribution >= 4 is 11.4 Å². The van der Waals surface area contributed by atoms with Gasteiger partial charge in [0.05, 0.1) is 0 Å². The van der Waals surface area contributed by atoms with Crippen molar-refractivity contribution in [3.63, 3.8) is 0 Å². The van der Waals surface area contributed by atoms with Crippen LogP contribution in [0.2, 0.25) is 0 Å². The molecule has 0 spiro atoms. The van der Waals surface area contributed by atoms with Crippen LogP contribution in [0.1, 0.15) is 70.3 Å². The maximum absolute atomic E-state index is 12.7. The van der Waals surface area contributed by atoms with Crippen LogP contribution in [0.3, 0.4) is 0 Å². The SMILES string of the molecule is CC.CC.CC1(C)C=CC2=C(CCC3=C2C(=O)c2ccccc23)O1.[Y]. The Bertz CT molecular complexity index is 736.